The summed E-state index contributed by atoms with van der Waals surface area (Å²) in [7, 11) is -8.56. The third-order valence-corrected chi connectivity index (χ3v) is 15.5. The number of amides is 5. The van der Waals surface area contributed by atoms with Gasteiger partial charge in [-0.25, -0.2) is 28.6 Å². The molecule has 6 rings (SSSR count). The van der Waals surface area contributed by atoms with Gasteiger partial charge in [0.05, 0.1) is 96.4 Å². The van der Waals surface area contributed by atoms with Gasteiger partial charge < -0.3 is 62.5 Å². The highest BCUT2D eigenvalue weighted by molar-refractivity contribution is 7.88. The summed E-state index contributed by atoms with van der Waals surface area (Å²) in [6.07, 6.45) is 2.99. The number of para-hydroxylation sites is 1. The first-order valence-electron chi connectivity index (χ1n) is 28.6. The molecule has 1 saturated carbocycles. The molecule has 3 aliphatic rings. The molecular formula is C57H74N8O22S2. The number of hydrogen-bond donors (Lipinski definition) is 5. The molecule has 0 radical (unpaired) electrons. The highest BCUT2D eigenvalue weighted by Gasteiger charge is 2.49. The highest BCUT2D eigenvalue weighted by atomic mass is 32.2. The molecule has 2 aliphatic carbocycles. The van der Waals surface area contributed by atoms with Crippen molar-refractivity contribution >= 4 is 80.2 Å². The van der Waals surface area contributed by atoms with Gasteiger partial charge in [0.15, 0.2) is 0 Å². The van der Waals surface area contributed by atoms with Crippen molar-refractivity contribution in [3.8, 4) is 17.6 Å². The first kappa shape index (κ1) is 70.1. The Morgan fingerprint density at radius 2 is 1.13 bits per heavy atom. The number of benzene rings is 3. The van der Waals surface area contributed by atoms with Gasteiger partial charge >= 0.3 is 44.9 Å². The topological polar surface area (TPSA) is 373 Å². The minimum absolute atomic E-state index is 0.00928. The third-order valence-electron chi connectivity index (χ3n) is 13.5. The lowest BCUT2D eigenvalue weighted by molar-refractivity contribution is -0.384. The Bertz CT molecular complexity index is 3130. The van der Waals surface area contributed by atoms with E-state index in [0.29, 0.717) is 18.4 Å². The maximum Gasteiger partial charge on any atom is 0.513 e. The predicted octanol–water partition coefficient (Wildman–Crippen LogP) is 3.81. The van der Waals surface area contributed by atoms with E-state index in [1.807, 2.05) is 65.4 Å². The van der Waals surface area contributed by atoms with Gasteiger partial charge in [0.2, 0.25) is 11.8 Å². The summed E-state index contributed by atoms with van der Waals surface area (Å²) >= 11 is 0. The Hall–Kier alpha value is -8.00. The van der Waals surface area contributed by atoms with E-state index in [9.17, 15) is 55.7 Å². The molecule has 1 fully saturated rings. The van der Waals surface area contributed by atoms with Crippen molar-refractivity contribution in [2.24, 2.45) is 17.8 Å². The van der Waals surface area contributed by atoms with Crippen LogP contribution in [0, 0.1) is 39.7 Å². The van der Waals surface area contributed by atoms with Crippen LogP contribution in [0.25, 0.3) is 12.2 Å². The Balaban J connectivity index is 0.799. The average Bonchev–Trinajstić information content (AvgIpc) is 1.75. The lowest BCUT2D eigenvalue weighted by atomic mass is 10.0. The van der Waals surface area contributed by atoms with Gasteiger partial charge in [0.1, 0.15) is 25.6 Å². The van der Waals surface area contributed by atoms with E-state index in [1.54, 1.807) is 9.62 Å². The molecule has 0 spiro atoms. The molecule has 0 aromatic heterocycles. The summed E-state index contributed by atoms with van der Waals surface area (Å²) in [5.74, 6) is 6.58. The second kappa shape index (κ2) is 37.8. The maximum atomic E-state index is 13.4. The number of rotatable bonds is 38. The van der Waals surface area contributed by atoms with Gasteiger partial charge in [-0.15, -0.1) is 11.8 Å². The molecule has 89 heavy (non-hydrogen) atoms. The molecule has 0 saturated heterocycles. The first-order valence-corrected chi connectivity index (χ1v) is 31.6. The normalized spacial score (nSPS) is 16.0. The summed E-state index contributed by atoms with van der Waals surface area (Å²) < 4.78 is 110. The summed E-state index contributed by atoms with van der Waals surface area (Å²) in [4.78, 5) is 88.6. The average molecular weight is 1290 g/mol. The molecule has 5 amide bonds. The fourth-order valence-corrected chi connectivity index (χ4v) is 10.5. The number of ether oxygens (including phenoxy) is 10. The molecular weight excluding hydrogens is 1210 g/mol. The summed E-state index contributed by atoms with van der Waals surface area (Å²) in [5.41, 5.74) is 3.31. The maximum absolute atomic E-state index is 13.4. The van der Waals surface area contributed by atoms with Crippen LogP contribution in [0.5, 0.6) is 5.75 Å². The molecule has 30 nitrogen and oxygen atoms in total. The van der Waals surface area contributed by atoms with Crippen LogP contribution in [0.3, 0.4) is 0 Å². The number of nitrogens with zero attached hydrogens (tertiary/aromatic N) is 3. The number of non-ortho nitro benzene ring substituents is 1. The molecule has 0 bridgehead atoms. The van der Waals surface area contributed by atoms with E-state index in [4.69, 9.17) is 47.4 Å². The van der Waals surface area contributed by atoms with Crippen LogP contribution in [0.1, 0.15) is 55.2 Å². The number of fused-ring (bicyclic) bond motifs is 3. The second-order valence-corrected chi connectivity index (χ2v) is 22.7. The van der Waals surface area contributed by atoms with Crippen molar-refractivity contribution in [1.29, 1.82) is 0 Å². The third kappa shape index (κ3) is 26.7. The molecule has 1 unspecified atom stereocenters. The lowest BCUT2D eigenvalue weighted by Crippen LogP contribution is -2.42. The number of nitro benzene ring substituents is 1. The number of hydrogen-bond acceptors (Lipinski definition) is 22. The van der Waals surface area contributed by atoms with E-state index >= 15 is 0 Å². The molecule has 3 aromatic rings. The van der Waals surface area contributed by atoms with Crippen LogP contribution < -0.4 is 33.8 Å². The number of carbonyl (C=O) groups is 6. The van der Waals surface area contributed by atoms with Gasteiger partial charge in [-0.1, -0.05) is 54.6 Å². The van der Waals surface area contributed by atoms with E-state index in [0.717, 1.165) is 60.2 Å². The van der Waals surface area contributed by atoms with Crippen LogP contribution in [0.2, 0.25) is 0 Å². The number of nitrogens with one attached hydrogen (secondary N) is 5. The van der Waals surface area contributed by atoms with Crippen molar-refractivity contribution in [2.75, 3.05) is 130 Å². The molecule has 3 atom stereocenters. The van der Waals surface area contributed by atoms with Crippen molar-refractivity contribution in [2.45, 2.75) is 45.1 Å². The van der Waals surface area contributed by atoms with Crippen molar-refractivity contribution in [3.05, 3.63) is 99.6 Å². The Morgan fingerprint density at radius 1 is 0.596 bits per heavy atom. The zero-order valence-corrected chi connectivity index (χ0v) is 50.5. The second-order valence-electron chi connectivity index (χ2n) is 19.7. The molecule has 5 N–H and O–H groups in total. The molecule has 486 valence electrons. The smallest absolute Gasteiger partial charge is 0.449 e. The fourth-order valence-electron chi connectivity index (χ4n) is 9.07. The number of nitro groups is 1. The summed E-state index contributed by atoms with van der Waals surface area (Å²) in [5, 5.41) is 13.4. The zero-order chi connectivity index (χ0) is 63.7. The van der Waals surface area contributed by atoms with Crippen LogP contribution in [-0.2, 0) is 79.2 Å². The fraction of sp³-hybridized carbons (Fsp3) is 0.509. The van der Waals surface area contributed by atoms with Gasteiger partial charge in [0.25, 0.3) is 5.69 Å². The first-order chi connectivity index (χ1) is 43.0. The minimum atomic E-state index is -4.36. The molecule has 3 aromatic carbocycles. The lowest BCUT2D eigenvalue weighted by Gasteiger charge is -2.27. The van der Waals surface area contributed by atoms with Gasteiger partial charge in [-0.3, -0.25) is 19.7 Å². The largest absolute Gasteiger partial charge is 0.513 e. The standard InChI is InChI=1S/C57H74N8O22S2/c66-52(21-22-53(67)64-41-45-11-6-5-9-43(45)15-16-44-10-7-8-14-51(44)64)58-23-30-83-54(68)61-88(74,75)59-24-28-78-33-35-80-31-26-63(56(70)84-39-37-82-38-40-85-57(71)87-47-19-17-46(18-20-47)65(72)73)27-32-81-36-34-79-29-25-60-89(76,77)62-55(69)86-42-50-48-12-3-1-2-4-13-49(48)50/h5-11,14-20,48-50,59-60H,3-4,12-13,21-42H2,(H,58,66)(H,61,68)(H,62,69)/b16-15-/t48-,49+,50?. The predicted molar refractivity (Wildman–Crippen MR) is 317 cm³/mol. The Labute approximate surface area is 515 Å². The summed E-state index contributed by atoms with van der Waals surface area (Å²) in [6.45, 7) is -0.938. The van der Waals surface area contributed by atoms with Gasteiger partial charge in [0, 0.05) is 64.0 Å². The van der Waals surface area contributed by atoms with Crippen LogP contribution >= 0.6 is 0 Å². The van der Waals surface area contributed by atoms with Crippen LogP contribution in [0.15, 0.2) is 72.8 Å². The molecule has 1 heterocycles. The van der Waals surface area contributed by atoms with Crippen molar-refractivity contribution < 1.29 is 97.9 Å². The van der Waals surface area contributed by atoms with Crippen molar-refractivity contribution in [3.63, 3.8) is 0 Å². The van der Waals surface area contributed by atoms with E-state index in [1.165, 1.54) is 17.0 Å². The Morgan fingerprint density at radius 3 is 1.76 bits per heavy atom. The summed E-state index contributed by atoms with van der Waals surface area (Å²) in [6, 6.07) is 20.0. The molecule has 32 heteroatoms. The van der Waals surface area contributed by atoms with Crippen LogP contribution in [-0.4, -0.2) is 188 Å². The van der Waals surface area contributed by atoms with E-state index in [2.05, 4.69) is 26.6 Å². The quantitative estimate of drug-likeness (QED) is 0.0104. The monoisotopic (exact) mass is 1290 g/mol. The Kier molecular flexibility index (Phi) is 29.7. The van der Waals surface area contributed by atoms with E-state index < -0.39 is 55.7 Å². The zero-order valence-electron chi connectivity index (χ0n) is 48.8. The number of carbonyl (C=O) groups excluding carboxylic acids is 6. The molecule has 1 aliphatic heterocycles. The minimum Gasteiger partial charge on any atom is -0.449 e. The van der Waals surface area contributed by atoms with Crippen molar-refractivity contribution in [1.82, 2.24) is 29.1 Å². The SMILES string of the molecule is O=C(CCC(=O)N1Cc2ccccc2/C=C\c2ccccc21)NCCOC(=O)NS(=O)(=O)NCCOCCOCCN(CCOCCOCCNS(=O)(=O)NC(=O)OCC1[C@H]2CCC#CCC[C@@H]12)C(=O)OCCOCCOC(=O)Oc1ccc([N+](=O)[O-])cc1. The number of anilines is 1. The van der Waals surface area contributed by atoms with Crippen LogP contribution in [0.4, 0.5) is 30.6 Å². The van der Waals surface area contributed by atoms with Gasteiger partial charge in [-0.2, -0.15) is 26.3 Å². The highest BCUT2D eigenvalue weighted by Crippen LogP contribution is 2.52. The van der Waals surface area contributed by atoms with E-state index in [-0.39, 0.29) is 161 Å². The van der Waals surface area contributed by atoms with Gasteiger partial charge in [-0.05, 0) is 65.5 Å².